The number of hydrogen-bond donors (Lipinski definition) is 1. The monoisotopic (exact) mass is 261 g/mol. The van der Waals surface area contributed by atoms with E-state index in [-0.39, 0.29) is 5.76 Å². The van der Waals surface area contributed by atoms with E-state index in [4.69, 9.17) is 19.1 Å². The van der Waals surface area contributed by atoms with Crippen LogP contribution in [0, 0.1) is 0 Å². The standard InChI is InChI=1S/C13H11NO5/c15-13(16)12-7-9(14-19-12)8-2-3-10-11(6-8)18-5-1-4-17-10/h2-3,6-7H,1,4-5H2,(H,15,16). The Morgan fingerprint density at radius 2 is 1.95 bits per heavy atom. The van der Waals surface area contributed by atoms with Crippen LogP contribution in [0.15, 0.2) is 28.8 Å². The fourth-order valence-electron chi connectivity index (χ4n) is 1.83. The number of carbonyl (C=O) groups is 1. The lowest BCUT2D eigenvalue weighted by atomic mass is 10.1. The summed E-state index contributed by atoms with van der Waals surface area (Å²) >= 11 is 0. The van der Waals surface area contributed by atoms with Gasteiger partial charge in [-0.3, -0.25) is 0 Å². The maximum Gasteiger partial charge on any atom is 0.374 e. The second-order valence-corrected chi connectivity index (χ2v) is 4.09. The van der Waals surface area contributed by atoms with E-state index in [0.29, 0.717) is 30.4 Å². The molecule has 6 heteroatoms. The van der Waals surface area contributed by atoms with Crippen LogP contribution in [-0.2, 0) is 0 Å². The molecule has 3 rings (SSSR count). The molecule has 1 aromatic heterocycles. The molecule has 1 aromatic carbocycles. The second-order valence-electron chi connectivity index (χ2n) is 4.09. The van der Waals surface area contributed by atoms with Gasteiger partial charge in [0.1, 0.15) is 5.69 Å². The molecule has 0 atom stereocenters. The van der Waals surface area contributed by atoms with E-state index < -0.39 is 5.97 Å². The summed E-state index contributed by atoms with van der Waals surface area (Å²) in [6, 6.07) is 6.72. The number of benzene rings is 1. The molecule has 2 aromatic rings. The van der Waals surface area contributed by atoms with Gasteiger partial charge in [-0.2, -0.15) is 0 Å². The lowest BCUT2D eigenvalue weighted by Gasteiger charge is -2.07. The Balaban J connectivity index is 1.96. The van der Waals surface area contributed by atoms with Crippen LogP contribution in [0.3, 0.4) is 0 Å². The predicted molar refractivity (Wildman–Crippen MR) is 64.5 cm³/mol. The summed E-state index contributed by atoms with van der Waals surface area (Å²) in [5.74, 6) is -0.0201. The minimum Gasteiger partial charge on any atom is -0.490 e. The fourth-order valence-corrected chi connectivity index (χ4v) is 1.83. The van der Waals surface area contributed by atoms with Crippen LogP contribution >= 0.6 is 0 Å². The van der Waals surface area contributed by atoms with Gasteiger partial charge in [-0.05, 0) is 18.2 Å². The third kappa shape index (κ3) is 2.24. The summed E-state index contributed by atoms with van der Waals surface area (Å²) in [6.45, 7) is 1.22. The summed E-state index contributed by atoms with van der Waals surface area (Å²) in [6.07, 6.45) is 0.830. The van der Waals surface area contributed by atoms with Crippen LogP contribution < -0.4 is 9.47 Å². The van der Waals surface area contributed by atoms with E-state index in [1.807, 2.05) is 0 Å². The average molecular weight is 261 g/mol. The molecule has 19 heavy (non-hydrogen) atoms. The van der Waals surface area contributed by atoms with Gasteiger partial charge in [0.15, 0.2) is 11.5 Å². The first-order valence-corrected chi connectivity index (χ1v) is 5.84. The molecular formula is C13H11NO5. The number of hydrogen-bond acceptors (Lipinski definition) is 5. The Hall–Kier alpha value is -2.50. The number of carboxylic acids is 1. The van der Waals surface area contributed by atoms with Crippen molar-refractivity contribution in [3.8, 4) is 22.8 Å². The van der Waals surface area contributed by atoms with Gasteiger partial charge in [0, 0.05) is 18.1 Å². The van der Waals surface area contributed by atoms with Gasteiger partial charge in [0.2, 0.25) is 5.76 Å². The van der Waals surface area contributed by atoms with Crippen molar-refractivity contribution in [2.75, 3.05) is 13.2 Å². The summed E-state index contributed by atoms with van der Waals surface area (Å²) < 4.78 is 15.8. The minimum absolute atomic E-state index is 0.192. The van der Waals surface area contributed by atoms with Crippen LogP contribution in [0.2, 0.25) is 0 Å². The second kappa shape index (κ2) is 4.64. The zero-order chi connectivity index (χ0) is 13.2. The van der Waals surface area contributed by atoms with Gasteiger partial charge in [-0.15, -0.1) is 0 Å². The average Bonchev–Trinajstić information content (AvgIpc) is 2.78. The van der Waals surface area contributed by atoms with Crippen molar-refractivity contribution in [1.82, 2.24) is 5.16 Å². The number of ether oxygens (including phenoxy) is 2. The van der Waals surface area contributed by atoms with Crippen LogP contribution in [-0.4, -0.2) is 29.4 Å². The molecule has 0 fully saturated rings. The molecule has 1 N–H and O–H groups in total. The van der Waals surface area contributed by atoms with Crippen LogP contribution in [0.25, 0.3) is 11.3 Å². The lowest BCUT2D eigenvalue weighted by Crippen LogP contribution is -1.97. The largest absolute Gasteiger partial charge is 0.490 e. The number of rotatable bonds is 2. The van der Waals surface area contributed by atoms with E-state index in [0.717, 1.165) is 12.0 Å². The molecule has 98 valence electrons. The van der Waals surface area contributed by atoms with Crippen molar-refractivity contribution >= 4 is 5.97 Å². The molecule has 0 bridgehead atoms. The topological polar surface area (TPSA) is 81.8 Å². The molecule has 6 nitrogen and oxygen atoms in total. The number of carboxylic acid groups (broad SMARTS) is 1. The smallest absolute Gasteiger partial charge is 0.374 e. The minimum atomic E-state index is -1.15. The van der Waals surface area contributed by atoms with Gasteiger partial charge in [0.05, 0.1) is 13.2 Å². The maximum absolute atomic E-state index is 10.7. The maximum atomic E-state index is 10.7. The van der Waals surface area contributed by atoms with Gasteiger partial charge in [-0.25, -0.2) is 4.79 Å². The first-order chi connectivity index (χ1) is 9.24. The van der Waals surface area contributed by atoms with E-state index >= 15 is 0 Å². The predicted octanol–water partition coefficient (Wildman–Crippen LogP) is 2.20. The Morgan fingerprint density at radius 3 is 2.68 bits per heavy atom. The van der Waals surface area contributed by atoms with Crippen molar-refractivity contribution in [2.45, 2.75) is 6.42 Å². The van der Waals surface area contributed by atoms with Gasteiger partial charge < -0.3 is 19.1 Å². The Labute approximate surface area is 108 Å². The number of nitrogens with zero attached hydrogens (tertiary/aromatic N) is 1. The molecule has 0 spiro atoms. The highest BCUT2D eigenvalue weighted by Crippen LogP contribution is 2.33. The molecule has 0 aliphatic carbocycles. The van der Waals surface area contributed by atoms with Gasteiger partial charge in [0.25, 0.3) is 0 Å². The highest BCUT2D eigenvalue weighted by Gasteiger charge is 2.15. The molecular weight excluding hydrogens is 250 g/mol. The lowest BCUT2D eigenvalue weighted by molar-refractivity contribution is 0.0652. The highest BCUT2D eigenvalue weighted by molar-refractivity contribution is 5.85. The van der Waals surface area contributed by atoms with Crippen molar-refractivity contribution < 1.29 is 23.9 Å². The molecule has 0 radical (unpaired) electrons. The zero-order valence-electron chi connectivity index (χ0n) is 9.96. The molecule has 0 amide bonds. The molecule has 2 heterocycles. The highest BCUT2D eigenvalue weighted by atomic mass is 16.5. The summed E-state index contributed by atoms with van der Waals surface area (Å²) in [5, 5.41) is 12.5. The normalized spacial score (nSPS) is 13.9. The number of aromatic carboxylic acids is 1. The Kier molecular flexibility index (Phi) is 2.83. The van der Waals surface area contributed by atoms with E-state index in [1.54, 1.807) is 18.2 Å². The summed E-state index contributed by atoms with van der Waals surface area (Å²) in [5.41, 5.74) is 1.17. The number of fused-ring (bicyclic) bond motifs is 1. The molecule has 0 saturated carbocycles. The van der Waals surface area contributed by atoms with Gasteiger partial charge >= 0.3 is 5.97 Å². The first-order valence-electron chi connectivity index (χ1n) is 5.84. The number of aromatic nitrogens is 1. The molecule has 1 aliphatic heterocycles. The SMILES string of the molecule is O=C(O)c1cc(-c2ccc3c(c2)OCCCO3)no1. The van der Waals surface area contributed by atoms with Gasteiger partial charge in [-0.1, -0.05) is 5.16 Å². The molecule has 0 unspecified atom stereocenters. The van der Waals surface area contributed by atoms with Crippen molar-refractivity contribution in [2.24, 2.45) is 0 Å². The Bertz CT molecular complexity index is 619. The summed E-state index contributed by atoms with van der Waals surface area (Å²) in [4.78, 5) is 10.7. The third-order valence-electron chi connectivity index (χ3n) is 2.76. The summed E-state index contributed by atoms with van der Waals surface area (Å²) in [7, 11) is 0. The third-order valence-corrected chi connectivity index (χ3v) is 2.76. The van der Waals surface area contributed by atoms with Crippen molar-refractivity contribution in [3.05, 3.63) is 30.0 Å². The molecule has 1 aliphatic rings. The van der Waals surface area contributed by atoms with E-state index in [9.17, 15) is 4.79 Å². The van der Waals surface area contributed by atoms with Crippen molar-refractivity contribution in [1.29, 1.82) is 0 Å². The van der Waals surface area contributed by atoms with Crippen molar-refractivity contribution in [3.63, 3.8) is 0 Å². The van der Waals surface area contributed by atoms with E-state index in [1.165, 1.54) is 6.07 Å². The van der Waals surface area contributed by atoms with E-state index in [2.05, 4.69) is 5.16 Å². The van der Waals surface area contributed by atoms with Crippen LogP contribution in [0.5, 0.6) is 11.5 Å². The van der Waals surface area contributed by atoms with Crippen LogP contribution in [0.1, 0.15) is 17.0 Å². The zero-order valence-corrected chi connectivity index (χ0v) is 9.96. The quantitative estimate of drug-likeness (QED) is 0.892. The fraction of sp³-hybridized carbons (Fsp3) is 0.231. The van der Waals surface area contributed by atoms with Crippen LogP contribution in [0.4, 0.5) is 0 Å². The first kappa shape index (κ1) is 11.6. The Morgan fingerprint density at radius 1 is 1.16 bits per heavy atom. The molecule has 0 saturated heterocycles.